The predicted molar refractivity (Wildman–Crippen MR) is 131 cm³/mol. The maximum absolute atomic E-state index is 14.1. The summed E-state index contributed by atoms with van der Waals surface area (Å²) >= 11 is 1.27. The molecule has 2 saturated carbocycles. The van der Waals surface area contributed by atoms with Crippen molar-refractivity contribution < 1.29 is 9.21 Å². The number of nitrogens with two attached hydrogens (primary N) is 2. The molecule has 8 heteroatoms. The number of nitrogens with zero attached hydrogens (tertiary/aromatic N) is 3. The molecule has 4 N–H and O–H groups in total. The van der Waals surface area contributed by atoms with Gasteiger partial charge in [-0.05, 0) is 37.8 Å². The number of thiophene rings is 1. The summed E-state index contributed by atoms with van der Waals surface area (Å²) in [7, 11) is 0. The van der Waals surface area contributed by atoms with Gasteiger partial charge in [0.25, 0.3) is 5.91 Å². The third kappa shape index (κ3) is 3.84. The summed E-state index contributed by atoms with van der Waals surface area (Å²) < 4.78 is 5.61. The van der Waals surface area contributed by atoms with Gasteiger partial charge in [-0.2, -0.15) is 5.26 Å². The van der Waals surface area contributed by atoms with Gasteiger partial charge in [0.15, 0.2) is 0 Å². The van der Waals surface area contributed by atoms with Crippen LogP contribution in [0, 0.1) is 11.3 Å². The first kappa shape index (κ1) is 21.8. The summed E-state index contributed by atoms with van der Waals surface area (Å²) in [4.78, 5) is 21.7. The van der Waals surface area contributed by atoms with Crippen molar-refractivity contribution in [3.63, 3.8) is 0 Å². The van der Waals surface area contributed by atoms with Crippen LogP contribution in [0.3, 0.4) is 0 Å². The summed E-state index contributed by atoms with van der Waals surface area (Å²) in [5.74, 6) is 0.607. The van der Waals surface area contributed by atoms with E-state index in [1.165, 1.54) is 24.2 Å². The molecular weight excluding hydrogens is 434 g/mol. The maximum atomic E-state index is 14.1. The SMILES string of the molecule is N#Cc1c(N)nc2sc(C(=O)N(C3CCCCC3)C3CCCCC3)c(N)c2c1-c1ccco1. The molecule has 3 aromatic rings. The average molecular weight is 464 g/mol. The summed E-state index contributed by atoms with van der Waals surface area (Å²) in [5.41, 5.74) is 13.9. The van der Waals surface area contributed by atoms with Crippen molar-refractivity contribution in [2.24, 2.45) is 0 Å². The molecule has 0 saturated heterocycles. The van der Waals surface area contributed by atoms with Gasteiger partial charge in [0.1, 0.15) is 32.9 Å². The first-order valence-electron chi connectivity index (χ1n) is 11.9. The Morgan fingerprint density at radius 3 is 2.27 bits per heavy atom. The van der Waals surface area contributed by atoms with E-state index in [9.17, 15) is 10.1 Å². The molecule has 0 aromatic carbocycles. The van der Waals surface area contributed by atoms with Crippen molar-refractivity contribution in [2.45, 2.75) is 76.3 Å². The van der Waals surface area contributed by atoms with E-state index in [0.29, 0.717) is 32.1 Å². The summed E-state index contributed by atoms with van der Waals surface area (Å²) in [5, 5.41) is 10.3. The number of carbonyl (C=O) groups is 1. The number of hydrogen-bond donors (Lipinski definition) is 2. The number of furan rings is 1. The third-order valence-electron chi connectivity index (χ3n) is 7.15. The van der Waals surface area contributed by atoms with Crippen LogP contribution < -0.4 is 11.5 Å². The molecule has 0 atom stereocenters. The van der Waals surface area contributed by atoms with E-state index in [4.69, 9.17) is 15.9 Å². The zero-order valence-electron chi connectivity index (χ0n) is 18.7. The largest absolute Gasteiger partial charge is 0.464 e. The highest BCUT2D eigenvalue weighted by molar-refractivity contribution is 7.21. The van der Waals surface area contributed by atoms with E-state index in [1.54, 1.807) is 18.4 Å². The Morgan fingerprint density at radius 2 is 1.73 bits per heavy atom. The molecular formula is C25H29N5O2S. The van der Waals surface area contributed by atoms with E-state index in [0.717, 1.165) is 51.4 Å². The molecule has 7 nitrogen and oxygen atoms in total. The second-order valence-electron chi connectivity index (χ2n) is 9.16. The molecule has 2 aliphatic rings. The molecule has 0 aliphatic heterocycles. The first-order chi connectivity index (χ1) is 16.1. The molecule has 0 radical (unpaired) electrons. The van der Waals surface area contributed by atoms with Gasteiger partial charge in [-0.25, -0.2) is 4.98 Å². The molecule has 33 heavy (non-hydrogen) atoms. The van der Waals surface area contributed by atoms with Gasteiger partial charge in [0, 0.05) is 17.5 Å². The predicted octanol–water partition coefficient (Wildman–Crippen LogP) is 5.70. The van der Waals surface area contributed by atoms with E-state index in [2.05, 4.69) is 16.0 Å². The van der Waals surface area contributed by atoms with Gasteiger partial charge in [-0.3, -0.25) is 4.79 Å². The Hall–Kier alpha value is -3.05. The van der Waals surface area contributed by atoms with Crippen LogP contribution in [-0.4, -0.2) is 27.9 Å². The fraction of sp³-hybridized carbons (Fsp3) is 0.480. The van der Waals surface area contributed by atoms with E-state index in [1.807, 2.05) is 0 Å². The van der Waals surface area contributed by atoms with Crippen LogP contribution in [0.4, 0.5) is 11.5 Å². The third-order valence-corrected chi connectivity index (χ3v) is 8.24. The van der Waals surface area contributed by atoms with Crippen molar-refractivity contribution in [1.29, 1.82) is 5.26 Å². The second kappa shape index (κ2) is 9.06. The van der Waals surface area contributed by atoms with Gasteiger partial charge in [-0.15, -0.1) is 11.3 Å². The van der Waals surface area contributed by atoms with Gasteiger partial charge in [0.2, 0.25) is 0 Å². The van der Waals surface area contributed by atoms with Crippen LogP contribution in [0.2, 0.25) is 0 Å². The van der Waals surface area contributed by atoms with Crippen LogP contribution in [0.1, 0.15) is 79.4 Å². The standard InChI is InChI=1S/C25H29N5O2S/c26-14-17-19(18-12-7-13-32-18)20-21(27)22(33-24(20)29-23(17)28)25(31)30(15-8-3-1-4-9-15)16-10-5-2-6-11-16/h7,12-13,15-16H,1-6,8-11,27H2,(H2,28,29). The lowest BCUT2D eigenvalue weighted by molar-refractivity contribution is 0.0454. The van der Waals surface area contributed by atoms with Gasteiger partial charge >= 0.3 is 0 Å². The zero-order valence-corrected chi connectivity index (χ0v) is 19.5. The average Bonchev–Trinajstić information content (AvgIpc) is 3.48. The van der Waals surface area contributed by atoms with Crippen LogP contribution in [0.15, 0.2) is 22.8 Å². The maximum Gasteiger partial charge on any atom is 0.266 e. The van der Waals surface area contributed by atoms with Crippen molar-refractivity contribution in [1.82, 2.24) is 9.88 Å². The molecule has 2 aliphatic carbocycles. The lowest BCUT2D eigenvalue weighted by Crippen LogP contribution is -2.48. The molecule has 2 fully saturated rings. The van der Waals surface area contributed by atoms with Gasteiger partial charge in [-0.1, -0.05) is 38.5 Å². The summed E-state index contributed by atoms with van der Waals surface area (Å²) in [6.07, 6.45) is 12.9. The van der Waals surface area contributed by atoms with Crippen LogP contribution in [-0.2, 0) is 0 Å². The number of amides is 1. The molecule has 3 heterocycles. The zero-order chi connectivity index (χ0) is 22.9. The number of hydrogen-bond acceptors (Lipinski definition) is 7. The topological polar surface area (TPSA) is 122 Å². The van der Waals surface area contributed by atoms with Crippen LogP contribution in [0.25, 0.3) is 21.5 Å². The number of nitrogen functional groups attached to an aromatic ring is 2. The van der Waals surface area contributed by atoms with Crippen molar-refractivity contribution in [2.75, 3.05) is 11.5 Å². The van der Waals surface area contributed by atoms with Crippen LogP contribution >= 0.6 is 11.3 Å². The number of aromatic nitrogens is 1. The van der Waals surface area contributed by atoms with E-state index in [-0.39, 0.29) is 29.4 Å². The van der Waals surface area contributed by atoms with Crippen molar-refractivity contribution in [3.05, 3.63) is 28.8 Å². The Balaban J connectivity index is 1.64. The highest BCUT2D eigenvalue weighted by Crippen LogP contribution is 2.44. The Labute approximate surface area is 197 Å². The Morgan fingerprint density at radius 1 is 1.09 bits per heavy atom. The fourth-order valence-electron chi connectivity index (χ4n) is 5.57. The smallest absolute Gasteiger partial charge is 0.266 e. The number of anilines is 2. The monoisotopic (exact) mass is 463 g/mol. The first-order valence-corrected chi connectivity index (χ1v) is 12.7. The lowest BCUT2D eigenvalue weighted by Gasteiger charge is -2.41. The molecule has 0 unspecified atom stereocenters. The summed E-state index contributed by atoms with van der Waals surface area (Å²) in [6.45, 7) is 0. The number of fused-ring (bicyclic) bond motifs is 1. The van der Waals surface area contributed by atoms with Crippen LogP contribution in [0.5, 0.6) is 0 Å². The Bertz CT molecular complexity index is 1180. The number of carbonyl (C=O) groups excluding carboxylic acids is 1. The molecule has 172 valence electrons. The van der Waals surface area contributed by atoms with Gasteiger partial charge < -0.3 is 20.8 Å². The number of nitriles is 1. The minimum atomic E-state index is -0.00299. The Kier molecular flexibility index (Phi) is 5.98. The normalized spacial score (nSPS) is 17.8. The minimum Gasteiger partial charge on any atom is -0.464 e. The van der Waals surface area contributed by atoms with E-state index >= 15 is 0 Å². The number of rotatable bonds is 4. The second-order valence-corrected chi connectivity index (χ2v) is 10.2. The molecule has 5 rings (SSSR count). The van der Waals surface area contributed by atoms with Crippen molar-refractivity contribution >= 4 is 39.0 Å². The molecule has 1 amide bonds. The number of pyridine rings is 1. The fourth-order valence-corrected chi connectivity index (χ4v) is 6.63. The summed E-state index contributed by atoms with van der Waals surface area (Å²) in [6, 6.07) is 6.18. The van der Waals surface area contributed by atoms with E-state index < -0.39 is 0 Å². The molecule has 0 bridgehead atoms. The molecule has 3 aromatic heterocycles. The highest BCUT2D eigenvalue weighted by atomic mass is 32.1. The lowest BCUT2D eigenvalue weighted by atomic mass is 9.88. The van der Waals surface area contributed by atoms with Crippen molar-refractivity contribution in [3.8, 4) is 17.4 Å². The highest BCUT2D eigenvalue weighted by Gasteiger charge is 2.35. The van der Waals surface area contributed by atoms with Gasteiger partial charge in [0.05, 0.1) is 17.5 Å². The molecule has 0 spiro atoms. The minimum absolute atomic E-state index is 0.00299. The quantitative estimate of drug-likeness (QED) is 0.512.